The number of aliphatic hydroxyl groups is 1. The van der Waals surface area contributed by atoms with Crippen molar-refractivity contribution in [3.8, 4) is 5.75 Å². The molecule has 0 aliphatic heterocycles. The molecule has 9 heteroatoms. The van der Waals surface area contributed by atoms with Gasteiger partial charge in [0.05, 0.1) is 4.47 Å². The molecule has 0 heterocycles. The number of alkyl carbamates (subject to hydrolysis) is 1. The van der Waals surface area contributed by atoms with Gasteiger partial charge in [-0.1, -0.05) is 34.1 Å². The first-order valence-electron chi connectivity index (χ1n) is 8.84. The summed E-state index contributed by atoms with van der Waals surface area (Å²) in [5.74, 6) is -0.757. The van der Waals surface area contributed by atoms with E-state index in [2.05, 4.69) is 37.2 Å². The number of halogens is 2. The minimum atomic E-state index is -1.07. The molecule has 156 valence electrons. The van der Waals surface area contributed by atoms with E-state index in [-0.39, 0.29) is 24.3 Å². The van der Waals surface area contributed by atoms with Crippen LogP contribution in [0.1, 0.15) is 35.4 Å². The summed E-state index contributed by atoms with van der Waals surface area (Å²) in [5.41, 5.74) is 0.561. The Hall–Kier alpha value is -1.94. The van der Waals surface area contributed by atoms with Gasteiger partial charge >= 0.3 is 6.09 Å². The Bertz CT molecular complexity index is 840. The number of amides is 2. The zero-order valence-corrected chi connectivity index (χ0v) is 18.8. The molecule has 0 aliphatic carbocycles. The van der Waals surface area contributed by atoms with Crippen molar-refractivity contribution >= 4 is 43.9 Å². The minimum absolute atomic E-state index is 0.136. The molecule has 2 amide bonds. The highest BCUT2D eigenvalue weighted by molar-refractivity contribution is 9.11. The van der Waals surface area contributed by atoms with Gasteiger partial charge in [-0.25, -0.2) is 4.79 Å². The highest BCUT2D eigenvalue weighted by Crippen LogP contribution is 2.39. The van der Waals surface area contributed by atoms with E-state index in [4.69, 9.17) is 9.47 Å². The molecule has 0 bridgehead atoms. The Morgan fingerprint density at radius 3 is 2.48 bits per heavy atom. The van der Waals surface area contributed by atoms with Crippen LogP contribution < -0.4 is 5.32 Å². The van der Waals surface area contributed by atoms with E-state index < -0.39 is 24.2 Å². The molecular weight excluding hydrogens is 510 g/mol. The van der Waals surface area contributed by atoms with E-state index in [1.165, 1.54) is 0 Å². The lowest BCUT2D eigenvalue weighted by Gasteiger charge is -2.27. The number of rotatable bonds is 8. The van der Waals surface area contributed by atoms with E-state index in [0.717, 1.165) is 0 Å². The number of hydrogen-bond donors (Lipinski definition) is 3. The predicted molar refractivity (Wildman–Crippen MR) is 114 cm³/mol. The summed E-state index contributed by atoms with van der Waals surface area (Å²) in [6, 6.07) is 11.4. The van der Waals surface area contributed by atoms with Crippen molar-refractivity contribution in [3.63, 3.8) is 0 Å². The maximum absolute atomic E-state index is 12.4. The highest BCUT2D eigenvalue weighted by Gasteiger charge is 2.31. The Labute approximate surface area is 185 Å². The topological polar surface area (TPSA) is 105 Å². The molecule has 2 aromatic carbocycles. The lowest BCUT2D eigenvalue weighted by molar-refractivity contribution is -0.0516. The third kappa shape index (κ3) is 6.53. The first-order valence-corrected chi connectivity index (χ1v) is 10.4. The number of ether oxygens (including phenoxy) is 2. The van der Waals surface area contributed by atoms with Crippen molar-refractivity contribution < 1.29 is 29.3 Å². The number of hydrogen-bond acceptors (Lipinski definition) is 6. The number of carbonyl (C=O) groups excluding carboxylic acids is 2. The van der Waals surface area contributed by atoms with Gasteiger partial charge in [0.1, 0.15) is 11.9 Å². The van der Waals surface area contributed by atoms with Gasteiger partial charge in [0, 0.05) is 35.2 Å². The summed E-state index contributed by atoms with van der Waals surface area (Å²) in [7, 11) is 0. The first kappa shape index (κ1) is 23.3. The second-order valence-corrected chi connectivity index (χ2v) is 7.75. The fraction of sp³-hybridized carbons (Fsp3) is 0.300. The molecule has 0 aromatic heterocycles. The molecule has 3 N–H and O–H groups in total. The van der Waals surface area contributed by atoms with Gasteiger partial charge in [-0.15, -0.1) is 0 Å². The zero-order chi connectivity index (χ0) is 21.4. The van der Waals surface area contributed by atoms with Crippen LogP contribution in [0.5, 0.6) is 5.75 Å². The summed E-state index contributed by atoms with van der Waals surface area (Å²) in [5, 5.41) is 22.0. The quantitative estimate of drug-likeness (QED) is 0.469. The number of aromatic hydroxyl groups is 1. The maximum Gasteiger partial charge on any atom is 0.414 e. The van der Waals surface area contributed by atoms with Gasteiger partial charge < -0.3 is 19.7 Å². The fourth-order valence-corrected chi connectivity index (χ4v) is 3.96. The Kier molecular flexibility index (Phi) is 9.09. The monoisotopic (exact) mass is 529 g/mol. The van der Waals surface area contributed by atoms with Crippen LogP contribution in [0.2, 0.25) is 0 Å². The zero-order valence-electron chi connectivity index (χ0n) is 15.6. The molecule has 0 saturated carbocycles. The fourth-order valence-electron chi connectivity index (χ4n) is 2.71. The van der Waals surface area contributed by atoms with Crippen molar-refractivity contribution in [1.29, 1.82) is 0 Å². The van der Waals surface area contributed by atoms with Crippen LogP contribution in [0.3, 0.4) is 0 Å². The average molecular weight is 531 g/mol. The lowest BCUT2D eigenvalue weighted by Crippen LogP contribution is -2.35. The number of phenolic OH excluding ortho intramolecular Hbond substituents is 1. The van der Waals surface area contributed by atoms with Crippen molar-refractivity contribution in [2.45, 2.75) is 25.6 Å². The number of aliphatic hydroxyl groups excluding tert-OH is 1. The van der Waals surface area contributed by atoms with E-state index in [1.807, 2.05) is 0 Å². The van der Waals surface area contributed by atoms with Crippen LogP contribution in [0.4, 0.5) is 4.79 Å². The van der Waals surface area contributed by atoms with Crippen LogP contribution in [0.15, 0.2) is 51.4 Å². The molecule has 0 radical (unpaired) electrons. The molecule has 0 fully saturated rings. The Morgan fingerprint density at radius 1 is 1.17 bits per heavy atom. The second kappa shape index (κ2) is 11.3. The van der Waals surface area contributed by atoms with Crippen LogP contribution in [-0.4, -0.2) is 41.5 Å². The van der Waals surface area contributed by atoms with Crippen LogP contribution >= 0.6 is 31.9 Å². The third-order valence-corrected chi connectivity index (χ3v) is 5.04. The smallest absolute Gasteiger partial charge is 0.414 e. The molecule has 0 spiro atoms. The Balaban J connectivity index is 2.30. The number of benzene rings is 2. The average Bonchev–Trinajstić information content (AvgIpc) is 2.69. The number of carbonyl (C=O) groups is 2. The molecule has 0 unspecified atom stereocenters. The maximum atomic E-state index is 12.4. The summed E-state index contributed by atoms with van der Waals surface area (Å²) < 4.78 is 12.1. The van der Waals surface area contributed by atoms with E-state index >= 15 is 0 Å². The summed E-state index contributed by atoms with van der Waals surface area (Å²) in [4.78, 5) is 24.6. The van der Waals surface area contributed by atoms with Crippen molar-refractivity contribution in [2.75, 3.05) is 13.2 Å². The molecule has 0 saturated heterocycles. The van der Waals surface area contributed by atoms with Crippen LogP contribution in [0.25, 0.3) is 0 Å². The van der Waals surface area contributed by atoms with E-state index in [9.17, 15) is 19.8 Å². The van der Waals surface area contributed by atoms with E-state index in [0.29, 0.717) is 21.1 Å². The molecule has 2 rings (SSSR count). The normalized spacial score (nSPS) is 12.8. The van der Waals surface area contributed by atoms with Gasteiger partial charge in [-0.3, -0.25) is 10.1 Å². The largest absolute Gasteiger partial charge is 0.506 e. The molecule has 2 aromatic rings. The van der Waals surface area contributed by atoms with Gasteiger partial charge in [0.2, 0.25) is 0 Å². The molecule has 2 atom stereocenters. The second-order valence-electron chi connectivity index (χ2n) is 5.98. The van der Waals surface area contributed by atoms with Crippen molar-refractivity contribution in [2.24, 2.45) is 0 Å². The molecule has 29 heavy (non-hydrogen) atoms. The molecule has 7 nitrogen and oxygen atoms in total. The number of imide groups is 1. The SMILES string of the molecule is CCO[C@@H](CCO)[C@@H](OC(=O)NC(=O)c1ccccc1)c1cc(Br)cc(Br)c1O. The summed E-state index contributed by atoms with van der Waals surface area (Å²) >= 11 is 6.59. The van der Waals surface area contributed by atoms with Crippen LogP contribution in [-0.2, 0) is 9.47 Å². The summed E-state index contributed by atoms with van der Waals surface area (Å²) in [6.45, 7) is 1.84. The Morgan fingerprint density at radius 2 is 1.86 bits per heavy atom. The number of phenols is 1. The van der Waals surface area contributed by atoms with E-state index in [1.54, 1.807) is 49.4 Å². The standard InChI is InChI=1S/C20H21Br2NO6/c1-2-28-16(8-9-24)18(14-10-13(21)11-15(22)17(14)25)29-20(27)23-19(26)12-6-4-3-5-7-12/h3-7,10-11,16,18,24-25H,2,8-9H2,1H3,(H,23,26,27)/t16-,18-/m0/s1. The highest BCUT2D eigenvalue weighted by atomic mass is 79.9. The lowest BCUT2D eigenvalue weighted by atomic mass is 10.0. The van der Waals surface area contributed by atoms with Crippen LogP contribution in [0, 0.1) is 0 Å². The van der Waals surface area contributed by atoms with Gasteiger partial charge in [-0.05, 0) is 47.1 Å². The van der Waals surface area contributed by atoms with Gasteiger partial charge in [0.25, 0.3) is 5.91 Å². The summed E-state index contributed by atoms with van der Waals surface area (Å²) in [6.07, 6.45) is -2.65. The third-order valence-electron chi connectivity index (χ3n) is 3.98. The van der Waals surface area contributed by atoms with Crippen molar-refractivity contribution in [3.05, 3.63) is 62.5 Å². The molecule has 0 aliphatic rings. The minimum Gasteiger partial charge on any atom is -0.506 e. The first-order chi connectivity index (χ1) is 13.9. The van der Waals surface area contributed by atoms with Crippen molar-refractivity contribution in [1.82, 2.24) is 5.32 Å². The number of nitrogens with one attached hydrogen (secondary N) is 1. The molecular formula is C20H21Br2NO6. The van der Waals surface area contributed by atoms with Gasteiger partial charge in [-0.2, -0.15) is 0 Å². The predicted octanol–water partition coefficient (Wildman–Crippen LogP) is 4.31. The van der Waals surface area contributed by atoms with Gasteiger partial charge in [0.15, 0.2) is 6.10 Å².